The molecule has 6 aromatic rings. The van der Waals surface area contributed by atoms with Crippen LogP contribution in [0.5, 0.6) is 0 Å². The van der Waals surface area contributed by atoms with Crippen molar-refractivity contribution in [3.05, 3.63) is 192 Å². The lowest BCUT2D eigenvalue weighted by Gasteiger charge is -2.37. The topological polar surface area (TPSA) is 20.3 Å². The Morgan fingerprint density at radius 1 is 0.543 bits per heavy atom. The summed E-state index contributed by atoms with van der Waals surface area (Å²) in [6.45, 7) is 2.32. The van der Waals surface area contributed by atoms with Crippen molar-refractivity contribution in [3.63, 3.8) is 0 Å². The number of hydrogen-bond donors (Lipinski definition) is 0. The van der Waals surface area contributed by atoms with E-state index < -0.39 is 0 Å². The number of anilines is 2. The summed E-state index contributed by atoms with van der Waals surface area (Å²) in [5.74, 6) is 0.238. The smallest absolute Gasteiger partial charge is 0.196 e. The molecular formula is C44H33NO. The monoisotopic (exact) mass is 591 g/mol. The van der Waals surface area contributed by atoms with Crippen LogP contribution in [0.25, 0.3) is 33.4 Å². The largest absolute Gasteiger partial charge is 0.313 e. The maximum absolute atomic E-state index is 14.2. The van der Waals surface area contributed by atoms with Crippen LogP contribution < -0.4 is 4.90 Å². The van der Waals surface area contributed by atoms with Crippen LogP contribution >= 0.6 is 0 Å². The van der Waals surface area contributed by atoms with E-state index in [-0.39, 0.29) is 11.7 Å². The summed E-state index contributed by atoms with van der Waals surface area (Å²) in [6.07, 6.45) is 3.25. The summed E-state index contributed by atoms with van der Waals surface area (Å²) < 4.78 is 0. The highest BCUT2D eigenvalue weighted by Gasteiger charge is 2.35. The Balaban J connectivity index is 1.42. The van der Waals surface area contributed by atoms with Crippen molar-refractivity contribution >= 4 is 28.3 Å². The van der Waals surface area contributed by atoms with E-state index in [2.05, 4.69) is 151 Å². The van der Waals surface area contributed by atoms with Gasteiger partial charge in [0.15, 0.2) is 5.78 Å². The molecule has 0 amide bonds. The molecule has 1 unspecified atom stereocenters. The average molecular weight is 592 g/mol. The number of nitrogens with zero attached hydrogens (tertiary/aromatic N) is 1. The number of fused-ring (bicyclic) bond motifs is 3. The molecule has 0 bridgehead atoms. The summed E-state index contributed by atoms with van der Waals surface area (Å²) in [6, 6.07) is 54.9. The average Bonchev–Trinajstić information content (AvgIpc) is 3.42. The Kier molecular flexibility index (Phi) is 7.04. The zero-order valence-corrected chi connectivity index (χ0v) is 25.7. The van der Waals surface area contributed by atoms with Crippen LogP contribution in [0.3, 0.4) is 0 Å². The van der Waals surface area contributed by atoms with Crippen LogP contribution in [-0.2, 0) is 0 Å². The van der Waals surface area contributed by atoms with E-state index in [4.69, 9.17) is 0 Å². The van der Waals surface area contributed by atoms with Crippen LogP contribution in [0, 0.1) is 5.92 Å². The molecule has 6 aromatic carbocycles. The SMILES string of the molecule is CC1CC(c2ccccc2)=CC(c2ccccc2)=C1N(c1cccc(-c2ccccc2)c1)c1cccc2c1C(=O)c1ccccc1-2. The fourth-order valence-corrected chi connectivity index (χ4v) is 7.15. The number of allylic oxidation sites excluding steroid dienone is 4. The van der Waals surface area contributed by atoms with Gasteiger partial charge in [-0.25, -0.2) is 0 Å². The Labute approximate surface area is 270 Å². The maximum atomic E-state index is 14.2. The van der Waals surface area contributed by atoms with E-state index in [1.807, 2.05) is 24.3 Å². The summed E-state index contributed by atoms with van der Waals surface area (Å²) in [4.78, 5) is 16.6. The molecule has 2 aliphatic carbocycles. The van der Waals surface area contributed by atoms with Gasteiger partial charge in [0.05, 0.1) is 11.3 Å². The minimum atomic E-state index is 0.0799. The number of hydrogen-bond acceptors (Lipinski definition) is 2. The molecule has 0 saturated heterocycles. The van der Waals surface area contributed by atoms with Gasteiger partial charge in [-0.3, -0.25) is 4.79 Å². The van der Waals surface area contributed by atoms with Gasteiger partial charge in [-0.1, -0.05) is 146 Å². The molecule has 8 rings (SSSR count). The minimum absolute atomic E-state index is 0.0799. The first-order valence-electron chi connectivity index (χ1n) is 16.0. The summed E-state index contributed by atoms with van der Waals surface area (Å²) in [5.41, 5.74) is 13.8. The molecule has 0 heterocycles. The van der Waals surface area contributed by atoms with E-state index in [0.717, 1.165) is 56.7 Å². The predicted molar refractivity (Wildman–Crippen MR) is 191 cm³/mol. The quantitative estimate of drug-likeness (QED) is 0.192. The molecule has 46 heavy (non-hydrogen) atoms. The molecule has 0 aromatic heterocycles. The first-order valence-corrected chi connectivity index (χ1v) is 16.0. The van der Waals surface area contributed by atoms with Crippen LogP contribution in [0.2, 0.25) is 0 Å². The van der Waals surface area contributed by atoms with Crippen LogP contribution in [-0.4, -0.2) is 5.78 Å². The van der Waals surface area contributed by atoms with Gasteiger partial charge in [0.1, 0.15) is 0 Å². The highest BCUT2D eigenvalue weighted by Crippen LogP contribution is 2.49. The molecule has 0 aliphatic heterocycles. The predicted octanol–water partition coefficient (Wildman–Crippen LogP) is 11.2. The van der Waals surface area contributed by atoms with Crippen molar-refractivity contribution in [2.75, 3.05) is 4.90 Å². The lowest BCUT2D eigenvalue weighted by molar-refractivity contribution is 0.104. The molecule has 0 fully saturated rings. The van der Waals surface area contributed by atoms with E-state index in [9.17, 15) is 4.79 Å². The third-order valence-corrected chi connectivity index (χ3v) is 9.24. The third kappa shape index (κ3) is 4.80. The standard InChI is InChI=1S/C44H33NO/c1-30-27-35(32-17-7-3-8-18-32)29-40(33-19-9-4-10-20-33)43(30)45(36-22-13-21-34(28-36)31-15-5-2-6-16-31)41-26-14-25-38-37-23-11-12-24-39(37)44(46)42(38)41/h2-26,28-30H,27H2,1H3. The van der Waals surface area contributed by atoms with Crippen molar-refractivity contribution in [1.82, 2.24) is 0 Å². The second-order valence-corrected chi connectivity index (χ2v) is 12.1. The van der Waals surface area contributed by atoms with Crippen LogP contribution in [0.15, 0.2) is 169 Å². The number of ketones is 1. The lowest BCUT2D eigenvalue weighted by Crippen LogP contribution is -2.26. The Morgan fingerprint density at radius 3 is 1.83 bits per heavy atom. The van der Waals surface area contributed by atoms with Crippen molar-refractivity contribution in [1.29, 1.82) is 0 Å². The molecule has 2 aliphatic rings. The molecule has 2 nitrogen and oxygen atoms in total. The fraction of sp³-hybridized carbons (Fsp3) is 0.0682. The number of benzene rings is 6. The second kappa shape index (κ2) is 11.6. The second-order valence-electron chi connectivity index (χ2n) is 12.1. The van der Waals surface area contributed by atoms with E-state index >= 15 is 0 Å². The van der Waals surface area contributed by atoms with Gasteiger partial charge in [-0.05, 0) is 69.6 Å². The Hall–Kier alpha value is -5.73. The van der Waals surface area contributed by atoms with Gasteiger partial charge in [0.25, 0.3) is 0 Å². The highest BCUT2D eigenvalue weighted by atomic mass is 16.1. The molecule has 0 N–H and O–H groups in total. The van der Waals surface area contributed by atoms with E-state index in [0.29, 0.717) is 0 Å². The molecule has 1 atom stereocenters. The fourth-order valence-electron chi connectivity index (χ4n) is 7.15. The zero-order valence-electron chi connectivity index (χ0n) is 25.7. The van der Waals surface area contributed by atoms with Gasteiger partial charge in [-0.15, -0.1) is 0 Å². The van der Waals surface area contributed by atoms with Crippen molar-refractivity contribution in [2.45, 2.75) is 13.3 Å². The Morgan fingerprint density at radius 2 is 1.11 bits per heavy atom. The first kappa shape index (κ1) is 27.8. The molecule has 220 valence electrons. The highest BCUT2D eigenvalue weighted by molar-refractivity contribution is 6.25. The number of carbonyl (C=O) groups excluding carboxylic acids is 1. The van der Waals surface area contributed by atoms with Crippen molar-refractivity contribution in [2.24, 2.45) is 5.92 Å². The third-order valence-electron chi connectivity index (χ3n) is 9.24. The van der Waals surface area contributed by atoms with Crippen molar-refractivity contribution < 1.29 is 4.79 Å². The van der Waals surface area contributed by atoms with Crippen molar-refractivity contribution in [3.8, 4) is 22.3 Å². The van der Waals surface area contributed by atoms with E-state index in [1.165, 1.54) is 22.4 Å². The Bertz CT molecular complexity index is 2140. The minimum Gasteiger partial charge on any atom is -0.313 e. The molecular weight excluding hydrogens is 558 g/mol. The number of carbonyl (C=O) groups is 1. The lowest BCUT2D eigenvalue weighted by atomic mass is 9.81. The maximum Gasteiger partial charge on any atom is 0.196 e. The summed E-state index contributed by atoms with van der Waals surface area (Å²) >= 11 is 0. The first-order chi connectivity index (χ1) is 22.7. The normalized spacial score (nSPS) is 15.3. The zero-order chi connectivity index (χ0) is 31.0. The van der Waals surface area contributed by atoms with Gasteiger partial charge in [0, 0.05) is 28.4 Å². The summed E-state index contributed by atoms with van der Waals surface area (Å²) in [5, 5.41) is 0. The number of rotatable bonds is 6. The van der Waals surface area contributed by atoms with Gasteiger partial charge < -0.3 is 4.90 Å². The molecule has 2 heteroatoms. The van der Waals surface area contributed by atoms with Gasteiger partial charge >= 0.3 is 0 Å². The molecule has 0 saturated carbocycles. The van der Waals surface area contributed by atoms with Crippen LogP contribution in [0.4, 0.5) is 11.4 Å². The van der Waals surface area contributed by atoms with Gasteiger partial charge in [-0.2, -0.15) is 0 Å². The summed E-state index contributed by atoms with van der Waals surface area (Å²) in [7, 11) is 0. The molecule has 0 spiro atoms. The molecule has 0 radical (unpaired) electrons. The van der Waals surface area contributed by atoms with E-state index in [1.54, 1.807) is 0 Å². The van der Waals surface area contributed by atoms with Gasteiger partial charge in [0.2, 0.25) is 0 Å². The van der Waals surface area contributed by atoms with Crippen LogP contribution in [0.1, 0.15) is 40.4 Å².